The average molecular weight is 302 g/mol. The van der Waals surface area contributed by atoms with E-state index in [4.69, 9.17) is 23.2 Å². The van der Waals surface area contributed by atoms with Gasteiger partial charge in [0.15, 0.2) is 0 Å². The lowest BCUT2D eigenvalue weighted by molar-refractivity contribution is 0.624. The predicted molar refractivity (Wildman–Crippen MR) is 76.4 cm³/mol. The van der Waals surface area contributed by atoms with Crippen molar-refractivity contribution in [2.24, 2.45) is 7.05 Å². The van der Waals surface area contributed by atoms with Crippen molar-refractivity contribution in [2.75, 3.05) is 5.32 Å². The van der Waals surface area contributed by atoms with Gasteiger partial charge in [-0.05, 0) is 31.5 Å². The van der Waals surface area contributed by atoms with E-state index in [2.05, 4.69) is 10.4 Å². The zero-order valence-corrected chi connectivity index (χ0v) is 12.3. The van der Waals surface area contributed by atoms with E-state index < -0.39 is 5.82 Å². The molecule has 1 N–H and O–H groups in total. The van der Waals surface area contributed by atoms with Gasteiger partial charge in [0.05, 0.1) is 22.4 Å². The van der Waals surface area contributed by atoms with Crippen LogP contribution in [0.3, 0.4) is 0 Å². The molecule has 0 saturated carbocycles. The van der Waals surface area contributed by atoms with Crippen molar-refractivity contribution in [3.8, 4) is 0 Å². The lowest BCUT2D eigenvalue weighted by Gasteiger charge is -2.16. The van der Waals surface area contributed by atoms with Gasteiger partial charge in [0.2, 0.25) is 0 Å². The molecule has 2 rings (SSSR count). The van der Waals surface area contributed by atoms with E-state index in [1.54, 1.807) is 4.68 Å². The minimum Gasteiger partial charge on any atom is -0.376 e. The monoisotopic (exact) mass is 301 g/mol. The van der Waals surface area contributed by atoms with Gasteiger partial charge in [-0.3, -0.25) is 4.68 Å². The zero-order chi connectivity index (χ0) is 14.2. The molecule has 1 aromatic heterocycles. The molecule has 0 fully saturated rings. The molecular formula is C13H14Cl2FN3. The number of rotatable bonds is 3. The molecule has 19 heavy (non-hydrogen) atoms. The maximum Gasteiger partial charge on any atom is 0.142 e. The third-order valence-electron chi connectivity index (χ3n) is 2.89. The van der Waals surface area contributed by atoms with Gasteiger partial charge in [-0.1, -0.05) is 23.2 Å². The van der Waals surface area contributed by atoms with Crippen LogP contribution in [0.5, 0.6) is 0 Å². The van der Waals surface area contributed by atoms with Crippen molar-refractivity contribution >= 4 is 28.9 Å². The second kappa shape index (κ2) is 5.39. The van der Waals surface area contributed by atoms with Gasteiger partial charge < -0.3 is 5.32 Å². The molecule has 1 unspecified atom stereocenters. The molecule has 1 atom stereocenters. The van der Waals surface area contributed by atoms with Crippen LogP contribution in [0.2, 0.25) is 10.0 Å². The highest BCUT2D eigenvalue weighted by Gasteiger charge is 2.15. The third-order valence-corrected chi connectivity index (χ3v) is 3.51. The van der Waals surface area contributed by atoms with Crippen molar-refractivity contribution in [1.82, 2.24) is 9.78 Å². The first-order chi connectivity index (χ1) is 8.88. The molecular weight excluding hydrogens is 288 g/mol. The van der Waals surface area contributed by atoms with Crippen molar-refractivity contribution in [3.05, 3.63) is 45.4 Å². The van der Waals surface area contributed by atoms with Crippen LogP contribution < -0.4 is 5.32 Å². The van der Waals surface area contributed by atoms with Gasteiger partial charge in [0.25, 0.3) is 0 Å². The number of aromatic nitrogens is 2. The quantitative estimate of drug-likeness (QED) is 0.854. The fourth-order valence-corrected chi connectivity index (χ4v) is 2.47. The molecule has 1 heterocycles. The van der Waals surface area contributed by atoms with E-state index in [1.807, 2.05) is 27.1 Å². The Kier molecular flexibility index (Phi) is 4.02. The zero-order valence-electron chi connectivity index (χ0n) is 10.8. The van der Waals surface area contributed by atoms with Gasteiger partial charge in [-0.15, -0.1) is 0 Å². The third kappa shape index (κ3) is 3.01. The summed E-state index contributed by atoms with van der Waals surface area (Å²) in [5, 5.41) is 7.96. The Labute approximate surface area is 121 Å². The number of halogens is 3. The Hall–Kier alpha value is -1.26. The number of hydrogen-bond acceptors (Lipinski definition) is 2. The van der Waals surface area contributed by atoms with Crippen molar-refractivity contribution < 1.29 is 4.39 Å². The molecule has 102 valence electrons. The van der Waals surface area contributed by atoms with Crippen molar-refractivity contribution in [3.63, 3.8) is 0 Å². The number of nitrogens with one attached hydrogen (secondary N) is 1. The number of anilines is 1. The molecule has 2 aromatic rings. The van der Waals surface area contributed by atoms with Crippen LogP contribution in [-0.2, 0) is 7.05 Å². The highest BCUT2D eigenvalue weighted by molar-refractivity contribution is 6.35. The van der Waals surface area contributed by atoms with E-state index in [0.29, 0.717) is 10.6 Å². The molecule has 0 amide bonds. The molecule has 0 spiro atoms. The fourth-order valence-electron chi connectivity index (χ4n) is 1.92. The maximum absolute atomic E-state index is 13.5. The Bertz CT molecular complexity index is 610. The molecule has 0 aliphatic heterocycles. The summed E-state index contributed by atoms with van der Waals surface area (Å²) >= 11 is 11.8. The van der Waals surface area contributed by atoms with Crippen LogP contribution in [0.4, 0.5) is 10.1 Å². The molecule has 0 radical (unpaired) electrons. The minimum absolute atomic E-state index is 0.0264. The molecule has 0 bridgehead atoms. The number of aryl methyl sites for hydroxylation is 2. The summed E-state index contributed by atoms with van der Waals surface area (Å²) in [7, 11) is 1.85. The Morgan fingerprint density at radius 1 is 1.32 bits per heavy atom. The first-order valence-corrected chi connectivity index (χ1v) is 6.55. The summed E-state index contributed by atoms with van der Waals surface area (Å²) in [6.07, 6.45) is 1.87. The minimum atomic E-state index is -0.474. The van der Waals surface area contributed by atoms with E-state index in [9.17, 15) is 4.39 Å². The largest absolute Gasteiger partial charge is 0.376 e. The number of hydrogen-bond donors (Lipinski definition) is 1. The topological polar surface area (TPSA) is 29.9 Å². The first-order valence-electron chi connectivity index (χ1n) is 5.79. The first kappa shape index (κ1) is 14.2. The van der Waals surface area contributed by atoms with Crippen LogP contribution >= 0.6 is 23.2 Å². The molecule has 1 aromatic carbocycles. The number of benzene rings is 1. The van der Waals surface area contributed by atoms with Crippen LogP contribution in [0, 0.1) is 12.7 Å². The van der Waals surface area contributed by atoms with Crippen molar-refractivity contribution in [1.29, 1.82) is 0 Å². The van der Waals surface area contributed by atoms with Gasteiger partial charge in [0.1, 0.15) is 5.82 Å². The van der Waals surface area contributed by atoms with Gasteiger partial charge in [0, 0.05) is 18.3 Å². The SMILES string of the molecule is Cc1nn(C)cc1NC(C)c1cc(F)c(Cl)cc1Cl. The lowest BCUT2D eigenvalue weighted by Crippen LogP contribution is -2.08. The molecule has 0 aliphatic rings. The average Bonchev–Trinajstić information content (AvgIpc) is 2.62. The van der Waals surface area contributed by atoms with Gasteiger partial charge >= 0.3 is 0 Å². The summed E-state index contributed by atoms with van der Waals surface area (Å²) in [6, 6.07) is 2.62. The molecule has 6 heteroatoms. The normalized spacial score (nSPS) is 12.5. The standard InChI is InChI=1S/C13H14Cl2FN3/c1-7(17-13-6-19(3)18-8(13)2)9-4-12(16)11(15)5-10(9)14/h4-7,17H,1-3H3. The molecule has 0 saturated heterocycles. The summed E-state index contributed by atoms with van der Waals surface area (Å²) in [6.45, 7) is 3.81. The lowest BCUT2D eigenvalue weighted by atomic mass is 10.1. The Morgan fingerprint density at radius 2 is 2.00 bits per heavy atom. The second-order valence-corrected chi connectivity index (χ2v) is 5.27. The van der Waals surface area contributed by atoms with Crippen LogP contribution in [0.25, 0.3) is 0 Å². The van der Waals surface area contributed by atoms with E-state index in [1.165, 1.54) is 12.1 Å². The van der Waals surface area contributed by atoms with E-state index in [0.717, 1.165) is 11.4 Å². The van der Waals surface area contributed by atoms with E-state index >= 15 is 0 Å². The number of nitrogens with zero attached hydrogens (tertiary/aromatic N) is 2. The molecule has 3 nitrogen and oxygen atoms in total. The van der Waals surface area contributed by atoms with Crippen LogP contribution in [0.15, 0.2) is 18.3 Å². The Balaban J connectivity index is 2.27. The predicted octanol–water partition coefficient (Wildman–Crippen LogP) is 4.35. The fraction of sp³-hybridized carbons (Fsp3) is 0.308. The van der Waals surface area contributed by atoms with Gasteiger partial charge in [-0.2, -0.15) is 5.10 Å². The smallest absolute Gasteiger partial charge is 0.142 e. The summed E-state index contributed by atoms with van der Waals surface area (Å²) in [5.74, 6) is -0.474. The highest BCUT2D eigenvalue weighted by atomic mass is 35.5. The molecule has 0 aliphatic carbocycles. The van der Waals surface area contributed by atoms with Crippen molar-refractivity contribution in [2.45, 2.75) is 19.9 Å². The Morgan fingerprint density at radius 3 is 2.58 bits per heavy atom. The van der Waals surface area contributed by atoms with Gasteiger partial charge in [-0.25, -0.2) is 4.39 Å². The summed E-state index contributed by atoms with van der Waals surface area (Å²) in [5.41, 5.74) is 2.42. The van der Waals surface area contributed by atoms with Crippen LogP contribution in [-0.4, -0.2) is 9.78 Å². The van der Waals surface area contributed by atoms with E-state index in [-0.39, 0.29) is 11.1 Å². The second-order valence-electron chi connectivity index (χ2n) is 4.46. The highest BCUT2D eigenvalue weighted by Crippen LogP contribution is 2.30. The maximum atomic E-state index is 13.5. The summed E-state index contributed by atoms with van der Waals surface area (Å²) in [4.78, 5) is 0. The van der Waals surface area contributed by atoms with Crippen LogP contribution in [0.1, 0.15) is 24.2 Å². The summed E-state index contributed by atoms with van der Waals surface area (Å²) < 4.78 is 15.2.